The van der Waals surface area contributed by atoms with E-state index < -0.39 is 16.1 Å². The van der Waals surface area contributed by atoms with E-state index in [1.54, 1.807) is 12.2 Å². The number of hydrogen-bond acceptors (Lipinski definition) is 2. The van der Waals surface area contributed by atoms with E-state index >= 15 is 0 Å². The molecule has 2 nitrogen and oxygen atoms in total. The molecule has 100 valence electrons. The summed E-state index contributed by atoms with van der Waals surface area (Å²) in [5.41, 5.74) is 1.09. The van der Waals surface area contributed by atoms with Crippen molar-refractivity contribution in [1.29, 1.82) is 0 Å². The van der Waals surface area contributed by atoms with Crippen LogP contribution in [0.3, 0.4) is 0 Å². The van der Waals surface area contributed by atoms with Gasteiger partial charge in [-0.3, -0.25) is 4.79 Å². The van der Waals surface area contributed by atoms with Gasteiger partial charge in [0.1, 0.15) is 10.1 Å². The van der Waals surface area contributed by atoms with Crippen molar-refractivity contribution in [2.24, 2.45) is 5.92 Å². The number of aliphatic carboxylic acids is 1. The molecule has 5 heteroatoms. The Hall–Kier alpha value is -0.900. The van der Waals surface area contributed by atoms with Crippen LogP contribution in [0.2, 0.25) is 0 Å². The summed E-state index contributed by atoms with van der Waals surface area (Å²) in [7, 11) is 0. The van der Waals surface area contributed by atoms with Crippen molar-refractivity contribution >= 4 is 40.9 Å². The van der Waals surface area contributed by atoms with Crippen molar-refractivity contribution in [2.75, 3.05) is 0 Å². The highest BCUT2D eigenvalue weighted by molar-refractivity contribution is 8.01. The molecular formula is C14H12Cl2O2S. The van der Waals surface area contributed by atoms with Gasteiger partial charge in [0.15, 0.2) is 0 Å². The third-order valence-corrected chi connectivity index (χ3v) is 4.97. The molecule has 0 unspecified atom stereocenters. The Balaban J connectivity index is 2.15. The molecule has 2 rings (SSSR count). The number of allylic oxidation sites excluding steroid dienone is 2. The quantitative estimate of drug-likeness (QED) is 0.844. The number of alkyl halides is 1. The lowest BCUT2D eigenvalue weighted by Crippen LogP contribution is -2.33. The Kier molecular flexibility index (Phi) is 4.61. The van der Waals surface area contributed by atoms with Crippen LogP contribution in [-0.4, -0.2) is 15.3 Å². The molecule has 0 amide bonds. The summed E-state index contributed by atoms with van der Waals surface area (Å²) >= 11 is 13.8. The molecule has 0 aliphatic heterocycles. The number of carboxylic acids is 1. The molecule has 0 radical (unpaired) electrons. The Morgan fingerprint density at radius 3 is 2.68 bits per heavy atom. The number of halogens is 2. The van der Waals surface area contributed by atoms with Crippen molar-refractivity contribution in [3.8, 4) is 0 Å². The molecule has 1 N–H and O–H groups in total. The van der Waals surface area contributed by atoms with Crippen LogP contribution in [0, 0.1) is 5.92 Å². The minimum absolute atomic E-state index is 0.466. The van der Waals surface area contributed by atoms with E-state index in [9.17, 15) is 9.90 Å². The number of rotatable bonds is 4. The zero-order valence-electron chi connectivity index (χ0n) is 9.92. The number of carboxylic acid groups (broad SMARTS) is 1. The molecule has 1 aromatic rings. The van der Waals surface area contributed by atoms with E-state index in [0.717, 1.165) is 5.56 Å². The van der Waals surface area contributed by atoms with Gasteiger partial charge in [-0.05, 0) is 17.7 Å². The van der Waals surface area contributed by atoms with Crippen LogP contribution < -0.4 is 0 Å². The van der Waals surface area contributed by atoms with Crippen molar-refractivity contribution in [1.82, 2.24) is 0 Å². The Morgan fingerprint density at radius 1 is 1.37 bits per heavy atom. The summed E-state index contributed by atoms with van der Waals surface area (Å²) in [5, 5.41) is 9.70. The maximum absolute atomic E-state index is 11.3. The molecule has 1 aromatic carbocycles. The second-order valence-corrected chi connectivity index (χ2v) is 6.72. The van der Waals surface area contributed by atoms with E-state index in [0.29, 0.717) is 10.8 Å². The van der Waals surface area contributed by atoms with Crippen LogP contribution in [0.1, 0.15) is 5.56 Å². The monoisotopic (exact) mass is 314 g/mol. The normalized spacial score (nSPS) is 26.0. The lowest BCUT2D eigenvalue weighted by Gasteiger charge is -2.30. The zero-order chi connectivity index (χ0) is 13.9. The second kappa shape index (κ2) is 6.04. The summed E-state index contributed by atoms with van der Waals surface area (Å²) in [6.07, 6.45) is 4.71. The highest BCUT2D eigenvalue weighted by Crippen LogP contribution is 2.45. The molecule has 0 aromatic heterocycles. The first-order valence-corrected chi connectivity index (χ1v) is 7.41. The number of thioether (sulfide) groups is 1. The molecule has 0 fully saturated rings. The van der Waals surface area contributed by atoms with Crippen molar-refractivity contribution in [3.05, 3.63) is 59.2 Å². The predicted molar refractivity (Wildman–Crippen MR) is 80.5 cm³/mol. The number of benzene rings is 1. The van der Waals surface area contributed by atoms with Crippen molar-refractivity contribution in [3.63, 3.8) is 0 Å². The molecule has 0 saturated heterocycles. The first kappa shape index (κ1) is 14.5. The van der Waals surface area contributed by atoms with Gasteiger partial charge in [0.05, 0.1) is 0 Å². The first-order chi connectivity index (χ1) is 9.01. The highest BCUT2D eigenvalue weighted by atomic mass is 35.5. The summed E-state index contributed by atoms with van der Waals surface area (Å²) in [5.74, 6) is -1.11. The number of hydrogen-bond donors (Lipinski definition) is 1. The van der Waals surface area contributed by atoms with Crippen LogP contribution in [0.5, 0.6) is 0 Å². The van der Waals surface area contributed by atoms with Crippen LogP contribution in [-0.2, 0) is 10.5 Å². The SMILES string of the molecule is O=C(O)[C@@H]1C=CC(Cl)=C[C@@]1(Cl)SCc1ccccc1. The van der Waals surface area contributed by atoms with Gasteiger partial charge in [-0.2, -0.15) is 0 Å². The lowest BCUT2D eigenvalue weighted by atomic mass is 10.00. The van der Waals surface area contributed by atoms with E-state index in [4.69, 9.17) is 23.2 Å². The first-order valence-electron chi connectivity index (χ1n) is 5.67. The van der Waals surface area contributed by atoms with Gasteiger partial charge in [0.2, 0.25) is 0 Å². The summed E-state index contributed by atoms with van der Waals surface area (Å²) < 4.78 is -1.05. The minimum Gasteiger partial charge on any atom is -0.481 e. The molecule has 0 spiro atoms. The maximum atomic E-state index is 11.3. The second-order valence-electron chi connectivity index (χ2n) is 4.18. The van der Waals surface area contributed by atoms with Gasteiger partial charge in [-0.15, -0.1) is 23.4 Å². The third-order valence-electron chi connectivity index (χ3n) is 2.78. The van der Waals surface area contributed by atoms with Gasteiger partial charge in [0, 0.05) is 10.8 Å². The standard InChI is InChI=1S/C14H12Cl2O2S/c15-11-6-7-12(13(17)18)14(16,8-11)19-9-10-4-2-1-3-5-10/h1-8,12H,9H2,(H,17,18)/t12-,14+/m0/s1. The van der Waals surface area contributed by atoms with Crippen LogP contribution in [0.25, 0.3) is 0 Å². The molecule has 19 heavy (non-hydrogen) atoms. The molecular weight excluding hydrogens is 303 g/mol. The molecule has 0 bridgehead atoms. The molecule has 0 saturated carbocycles. The number of carbonyl (C=O) groups is 1. The Morgan fingerprint density at radius 2 is 2.05 bits per heavy atom. The highest BCUT2D eigenvalue weighted by Gasteiger charge is 2.41. The lowest BCUT2D eigenvalue weighted by molar-refractivity contribution is -0.140. The van der Waals surface area contributed by atoms with E-state index in [1.165, 1.54) is 17.8 Å². The Bertz CT molecular complexity index is 528. The zero-order valence-corrected chi connectivity index (χ0v) is 12.3. The van der Waals surface area contributed by atoms with Gasteiger partial charge in [0.25, 0.3) is 0 Å². The fourth-order valence-corrected chi connectivity index (χ4v) is 3.76. The smallest absolute Gasteiger partial charge is 0.313 e. The van der Waals surface area contributed by atoms with Gasteiger partial charge in [-0.1, -0.05) is 48.0 Å². The topological polar surface area (TPSA) is 37.3 Å². The summed E-state index contributed by atoms with van der Waals surface area (Å²) in [6, 6.07) is 9.77. The Labute approximate surface area is 126 Å². The van der Waals surface area contributed by atoms with E-state index in [1.807, 2.05) is 30.3 Å². The van der Waals surface area contributed by atoms with Crippen LogP contribution in [0.4, 0.5) is 0 Å². The van der Waals surface area contributed by atoms with Gasteiger partial charge in [-0.25, -0.2) is 0 Å². The molecule has 0 heterocycles. The van der Waals surface area contributed by atoms with Crippen molar-refractivity contribution in [2.45, 2.75) is 9.96 Å². The average Bonchev–Trinajstić information content (AvgIpc) is 2.37. The predicted octanol–water partition coefficient (Wildman–Crippen LogP) is 4.25. The van der Waals surface area contributed by atoms with Crippen LogP contribution >= 0.6 is 35.0 Å². The van der Waals surface area contributed by atoms with Crippen molar-refractivity contribution < 1.29 is 9.90 Å². The third kappa shape index (κ3) is 3.56. The van der Waals surface area contributed by atoms with E-state index in [-0.39, 0.29) is 0 Å². The van der Waals surface area contributed by atoms with E-state index in [2.05, 4.69) is 0 Å². The average molecular weight is 315 g/mol. The van der Waals surface area contributed by atoms with Gasteiger partial charge >= 0.3 is 5.97 Å². The fourth-order valence-electron chi connectivity index (χ4n) is 1.80. The molecule has 1 aliphatic carbocycles. The summed E-state index contributed by atoms with van der Waals surface area (Å²) in [6.45, 7) is 0. The van der Waals surface area contributed by atoms with Crippen LogP contribution in [0.15, 0.2) is 53.6 Å². The minimum atomic E-state index is -1.05. The fraction of sp³-hybridized carbons (Fsp3) is 0.214. The van der Waals surface area contributed by atoms with Gasteiger partial charge < -0.3 is 5.11 Å². The largest absolute Gasteiger partial charge is 0.481 e. The maximum Gasteiger partial charge on any atom is 0.313 e. The summed E-state index contributed by atoms with van der Waals surface area (Å²) in [4.78, 5) is 11.3. The molecule has 2 atom stereocenters. The molecule has 1 aliphatic rings.